The van der Waals surface area contributed by atoms with Crippen molar-refractivity contribution in [2.75, 3.05) is 13.1 Å². The molecular formula is C13H18BrNO. The average molecular weight is 284 g/mol. The zero-order chi connectivity index (χ0) is 11.7. The summed E-state index contributed by atoms with van der Waals surface area (Å²) in [4.78, 5) is 2.45. The van der Waals surface area contributed by atoms with E-state index >= 15 is 0 Å². The lowest BCUT2D eigenvalue weighted by Gasteiger charge is -2.16. The summed E-state index contributed by atoms with van der Waals surface area (Å²) in [5.74, 6) is 1.89. The second kappa shape index (κ2) is 4.76. The Hall–Kier alpha value is -0.540. The lowest BCUT2D eigenvalue weighted by Crippen LogP contribution is -2.20. The Morgan fingerprint density at radius 3 is 2.56 bits per heavy atom. The van der Waals surface area contributed by atoms with Gasteiger partial charge in [0.15, 0.2) is 0 Å². The van der Waals surface area contributed by atoms with Gasteiger partial charge in [0.25, 0.3) is 0 Å². The molecule has 88 valence electrons. The number of likely N-dealkylation sites (tertiary alicyclic amines) is 1. The first-order chi connectivity index (χ1) is 7.56. The van der Waals surface area contributed by atoms with Crippen LogP contribution in [0.25, 0.3) is 0 Å². The number of halogens is 1. The van der Waals surface area contributed by atoms with Gasteiger partial charge in [-0.2, -0.15) is 0 Å². The van der Waals surface area contributed by atoms with E-state index in [2.05, 4.69) is 34.7 Å². The molecule has 1 aliphatic rings. The van der Waals surface area contributed by atoms with Crippen LogP contribution in [0.4, 0.5) is 0 Å². The molecule has 16 heavy (non-hydrogen) atoms. The summed E-state index contributed by atoms with van der Waals surface area (Å²) in [6, 6.07) is 5.47. The summed E-state index contributed by atoms with van der Waals surface area (Å²) < 4.78 is 1.08. The molecule has 0 saturated carbocycles. The molecule has 2 atom stereocenters. The van der Waals surface area contributed by atoms with Crippen LogP contribution in [0.15, 0.2) is 22.7 Å². The normalized spacial score (nSPS) is 26.2. The number of nitrogens with zero attached hydrogens (tertiary/aromatic N) is 1. The van der Waals surface area contributed by atoms with E-state index < -0.39 is 0 Å². The van der Waals surface area contributed by atoms with E-state index in [1.165, 1.54) is 5.56 Å². The molecular weight excluding hydrogens is 266 g/mol. The Kier molecular flexibility index (Phi) is 3.55. The molecule has 0 bridgehead atoms. The largest absolute Gasteiger partial charge is 0.508 e. The average Bonchev–Trinajstić information content (AvgIpc) is 2.52. The van der Waals surface area contributed by atoms with Crippen molar-refractivity contribution in [2.24, 2.45) is 11.8 Å². The fraction of sp³-hybridized carbons (Fsp3) is 0.538. The quantitative estimate of drug-likeness (QED) is 0.901. The van der Waals surface area contributed by atoms with E-state index in [1.807, 2.05) is 12.1 Å². The lowest BCUT2D eigenvalue weighted by atomic mass is 10.0. The summed E-state index contributed by atoms with van der Waals surface area (Å²) >= 11 is 3.53. The number of hydrogen-bond donors (Lipinski definition) is 1. The molecule has 1 aromatic rings. The smallest absolute Gasteiger partial charge is 0.115 e. The van der Waals surface area contributed by atoms with Gasteiger partial charge >= 0.3 is 0 Å². The van der Waals surface area contributed by atoms with Gasteiger partial charge in [-0.15, -0.1) is 0 Å². The highest BCUT2D eigenvalue weighted by Crippen LogP contribution is 2.27. The van der Waals surface area contributed by atoms with Gasteiger partial charge in [0, 0.05) is 24.1 Å². The van der Waals surface area contributed by atoms with E-state index in [9.17, 15) is 5.11 Å². The third kappa shape index (κ3) is 2.58. The second-order valence-corrected chi connectivity index (χ2v) is 5.78. The first-order valence-corrected chi connectivity index (χ1v) is 6.55. The Labute approximate surface area is 105 Å². The molecule has 1 saturated heterocycles. The van der Waals surface area contributed by atoms with Crippen LogP contribution in [0, 0.1) is 11.8 Å². The zero-order valence-corrected chi connectivity index (χ0v) is 11.4. The van der Waals surface area contributed by atoms with Crippen LogP contribution in [0.2, 0.25) is 0 Å². The van der Waals surface area contributed by atoms with Crippen LogP contribution in [-0.4, -0.2) is 23.1 Å². The minimum Gasteiger partial charge on any atom is -0.508 e. The number of rotatable bonds is 2. The van der Waals surface area contributed by atoms with Gasteiger partial charge in [-0.3, -0.25) is 4.90 Å². The molecule has 0 amide bonds. The predicted molar refractivity (Wildman–Crippen MR) is 69.4 cm³/mol. The highest BCUT2D eigenvalue weighted by atomic mass is 79.9. The van der Waals surface area contributed by atoms with Gasteiger partial charge in [-0.1, -0.05) is 29.8 Å². The molecule has 0 spiro atoms. The first kappa shape index (κ1) is 11.9. The summed E-state index contributed by atoms with van der Waals surface area (Å²) in [5.41, 5.74) is 1.17. The molecule has 3 heteroatoms. The van der Waals surface area contributed by atoms with Crippen molar-refractivity contribution in [3.63, 3.8) is 0 Å². The van der Waals surface area contributed by atoms with Gasteiger partial charge in [0.2, 0.25) is 0 Å². The minimum absolute atomic E-state index is 0.346. The molecule has 2 nitrogen and oxygen atoms in total. The van der Waals surface area contributed by atoms with Crippen LogP contribution < -0.4 is 0 Å². The van der Waals surface area contributed by atoms with Gasteiger partial charge in [-0.05, 0) is 35.6 Å². The van der Waals surface area contributed by atoms with Crippen LogP contribution in [0.1, 0.15) is 19.4 Å². The lowest BCUT2D eigenvalue weighted by molar-refractivity contribution is 0.315. The van der Waals surface area contributed by atoms with Crippen LogP contribution in [0.5, 0.6) is 5.75 Å². The molecule has 1 heterocycles. The Morgan fingerprint density at radius 1 is 1.31 bits per heavy atom. The van der Waals surface area contributed by atoms with Crippen molar-refractivity contribution < 1.29 is 5.11 Å². The Bertz CT molecular complexity index is 370. The molecule has 2 unspecified atom stereocenters. The molecule has 0 aliphatic carbocycles. The highest BCUT2D eigenvalue weighted by Gasteiger charge is 2.26. The van der Waals surface area contributed by atoms with E-state index in [4.69, 9.17) is 0 Å². The molecule has 1 aliphatic heterocycles. The standard InChI is InChI=1S/C13H18BrNO/c1-9-6-15(7-10(9)2)8-11-5-12(16)3-4-13(11)14/h3-5,9-10,16H,6-8H2,1-2H3. The predicted octanol–water partition coefficient (Wildman–Crippen LogP) is 3.24. The molecule has 0 radical (unpaired) electrons. The maximum atomic E-state index is 9.48. The van der Waals surface area contributed by atoms with Gasteiger partial charge < -0.3 is 5.11 Å². The fourth-order valence-electron chi connectivity index (χ4n) is 2.30. The molecule has 2 rings (SSSR count). The van der Waals surface area contributed by atoms with Gasteiger partial charge in [0.1, 0.15) is 5.75 Å². The second-order valence-electron chi connectivity index (χ2n) is 4.92. The van der Waals surface area contributed by atoms with Crippen molar-refractivity contribution in [2.45, 2.75) is 20.4 Å². The van der Waals surface area contributed by atoms with Crippen molar-refractivity contribution in [1.82, 2.24) is 4.90 Å². The van der Waals surface area contributed by atoms with Crippen molar-refractivity contribution in [3.05, 3.63) is 28.2 Å². The SMILES string of the molecule is CC1CN(Cc2cc(O)ccc2Br)CC1C. The first-order valence-electron chi connectivity index (χ1n) is 5.76. The van der Waals surface area contributed by atoms with E-state index in [0.717, 1.165) is 35.9 Å². The monoisotopic (exact) mass is 283 g/mol. The third-order valence-electron chi connectivity index (χ3n) is 3.49. The molecule has 0 aromatic heterocycles. The Balaban J connectivity index is 2.07. The fourth-order valence-corrected chi connectivity index (χ4v) is 2.67. The topological polar surface area (TPSA) is 23.5 Å². The van der Waals surface area contributed by atoms with E-state index in [-0.39, 0.29) is 0 Å². The number of aromatic hydroxyl groups is 1. The number of phenols is 1. The zero-order valence-electron chi connectivity index (χ0n) is 9.78. The molecule has 1 fully saturated rings. The van der Waals surface area contributed by atoms with Crippen LogP contribution in [-0.2, 0) is 6.54 Å². The Morgan fingerprint density at radius 2 is 1.94 bits per heavy atom. The number of hydrogen-bond acceptors (Lipinski definition) is 2. The van der Waals surface area contributed by atoms with Crippen molar-refractivity contribution >= 4 is 15.9 Å². The van der Waals surface area contributed by atoms with Crippen molar-refractivity contribution in [3.8, 4) is 5.75 Å². The molecule has 1 aromatic carbocycles. The number of phenolic OH excluding ortho intramolecular Hbond substituents is 1. The summed E-state index contributed by atoms with van der Waals surface area (Å²) in [6.07, 6.45) is 0. The van der Waals surface area contributed by atoms with E-state index in [0.29, 0.717) is 5.75 Å². The summed E-state index contributed by atoms with van der Waals surface area (Å²) in [7, 11) is 0. The minimum atomic E-state index is 0.346. The third-order valence-corrected chi connectivity index (χ3v) is 4.26. The van der Waals surface area contributed by atoms with Crippen molar-refractivity contribution in [1.29, 1.82) is 0 Å². The number of benzene rings is 1. The van der Waals surface area contributed by atoms with Gasteiger partial charge in [-0.25, -0.2) is 0 Å². The van der Waals surface area contributed by atoms with Crippen LogP contribution >= 0.6 is 15.9 Å². The molecule has 1 N–H and O–H groups in total. The maximum Gasteiger partial charge on any atom is 0.115 e. The van der Waals surface area contributed by atoms with E-state index in [1.54, 1.807) is 6.07 Å². The highest BCUT2D eigenvalue weighted by molar-refractivity contribution is 9.10. The maximum absolute atomic E-state index is 9.48. The summed E-state index contributed by atoms with van der Waals surface area (Å²) in [6.45, 7) is 7.85. The van der Waals surface area contributed by atoms with Crippen LogP contribution in [0.3, 0.4) is 0 Å². The summed E-state index contributed by atoms with van der Waals surface area (Å²) in [5, 5.41) is 9.48. The van der Waals surface area contributed by atoms with Gasteiger partial charge in [0.05, 0.1) is 0 Å².